The number of ether oxygens (including phenoxy) is 27. The molecule has 0 aliphatic heterocycles. The SMILES string of the molecule is [CH2]COCCOCCOCCOCCOCCOCCOCCOCCOCCOCCOCCOCCOCCOCCOCCOCCOCCOCCOCCOCCOCCOCCOCCOCCOCCOCCOCCO. The van der Waals surface area contributed by atoms with Gasteiger partial charge in [0.25, 0.3) is 0 Å². The number of rotatable bonds is 81. The highest BCUT2D eigenvalue weighted by Gasteiger charge is 2.01. The van der Waals surface area contributed by atoms with E-state index in [0.29, 0.717) is 357 Å². The van der Waals surface area contributed by atoms with Crippen LogP contribution in [0.3, 0.4) is 0 Å². The lowest BCUT2D eigenvalue weighted by atomic mass is 10.6. The van der Waals surface area contributed by atoms with Crippen LogP contribution >= 0.6 is 0 Å². The van der Waals surface area contributed by atoms with Crippen molar-refractivity contribution in [1.29, 1.82) is 0 Å². The highest BCUT2D eigenvalue weighted by Crippen LogP contribution is 1.92. The van der Waals surface area contributed by atoms with Gasteiger partial charge >= 0.3 is 0 Å². The summed E-state index contributed by atoms with van der Waals surface area (Å²) in [6.07, 6.45) is 0. The van der Waals surface area contributed by atoms with Crippen LogP contribution < -0.4 is 0 Å². The number of hydrogen-bond donors (Lipinski definition) is 1. The van der Waals surface area contributed by atoms with E-state index in [9.17, 15) is 0 Å². The Labute approximate surface area is 502 Å². The van der Waals surface area contributed by atoms with Crippen molar-refractivity contribution < 1.29 is 133 Å². The van der Waals surface area contributed by atoms with Gasteiger partial charge in [0, 0.05) is 6.61 Å². The van der Waals surface area contributed by atoms with E-state index in [1.54, 1.807) is 0 Å². The highest BCUT2D eigenvalue weighted by molar-refractivity contribution is 4.44. The second kappa shape index (κ2) is 81.9. The Morgan fingerprint density at radius 2 is 0.190 bits per heavy atom. The monoisotopic (exact) mass is 1230 g/mol. The molecule has 0 aromatic rings. The summed E-state index contributed by atoms with van der Waals surface area (Å²) in [6.45, 7) is 30.0. The molecule has 0 saturated heterocycles. The Morgan fingerprint density at radius 1 is 0.119 bits per heavy atom. The van der Waals surface area contributed by atoms with Gasteiger partial charge < -0.3 is 133 Å². The van der Waals surface area contributed by atoms with Gasteiger partial charge in [-0.3, -0.25) is 0 Å². The molecule has 0 rings (SSSR count). The van der Waals surface area contributed by atoms with Crippen LogP contribution in [0.25, 0.3) is 0 Å². The summed E-state index contributed by atoms with van der Waals surface area (Å²) in [5.74, 6) is 0. The first-order valence-electron chi connectivity index (χ1n) is 29.9. The lowest BCUT2D eigenvalue weighted by molar-refractivity contribution is -0.0323. The van der Waals surface area contributed by atoms with E-state index in [-0.39, 0.29) is 6.61 Å². The van der Waals surface area contributed by atoms with Crippen LogP contribution in [0.4, 0.5) is 0 Å². The molecule has 0 unspecified atom stereocenters. The van der Waals surface area contributed by atoms with E-state index in [4.69, 9.17) is 133 Å². The van der Waals surface area contributed by atoms with Gasteiger partial charge in [-0.1, -0.05) is 0 Å². The molecule has 0 atom stereocenters. The van der Waals surface area contributed by atoms with Crippen LogP contribution in [0.15, 0.2) is 0 Å². The van der Waals surface area contributed by atoms with Crippen molar-refractivity contribution in [2.24, 2.45) is 0 Å². The minimum absolute atomic E-state index is 0.0173. The molecule has 0 aromatic carbocycles. The molecule has 0 aliphatic rings. The van der Waals surface area contributed by atoms with E-state index in [0.717, 1.165) is 0 Å². The van der Waals surface area contributed by atoms with Gasteiger partial charge in [0.1, 0.15) is 0 Å². The number of aliphatic hydroxyl groups is 1. The van der Waals surface area contributed by atoms with Gasteiger partial charge in [-0.2, -0.15) is 0 Å². The summed E-state index contributed by atoms with van der Waals surface area (Å²) >= 11 is 0. The maximum Gasteiger partial charge on any atom is 0.0701 e. The predicted octanol–water partition coefficient (Wildman–Crippen LogP) is 0.261. The van der Waals surface area contributed by atoms with Gasteiger partial charge in [-0.05, 0) is 6.92 Å². The van der Waals surface area contributed by atoms with Crippen molar-refractivity contribution in [3.8, 4) is 0 Å². The van der Waals surface area contributed by atoms with Crippen LogP contribution in [0.2, 0.25) is 0 Å². The molecule has 1 radical (unpaired) electrons. The van der Waals surface area contributed by atoms with E-state index >= 15 is 0 Å². The molecule has 0 heterocycles. The molecule has 0 saturated carbocycles. The lowest BCUT2D eigenvalue weighted by Gasteiger charge is -2.09. The zero-order valence-corrected chi connectivity index (χ0v) is 51.1. The second-order valence-corrected chi connectivity index (χ2v) is 16.8. The average Bonchev–Trinajstić information content (AvgIpc) is 3.50. The standard InChI is InChI=1S/C56H113O28/c1-2-58-5-6-60-9-10-62-13-14-64-17-18-66-21-22-68-25-26-70-29-30-72-33-34-74-37-38-76-41-42-78-45-46-80-49-50-82-53-54-84-56-55-83-52-51-81-48-47-79-44-43-77-40-39-75-36-35-73-32-31-71-28-27-69-24-23-67-20-19-65-16-15-63-12-11-61-8-7-59-4-3-57/h57H,1-56H2. The largest absolute Gasteiger partial charge is 0.394 e. The quantitative estimate of drug-likeness (QED) is 0.0801. The summed E-state index contributed by atoms with van der Waals surface area (Å²) in [4.78, 5) is 0. The average molecular weight is 1230 g/mol. The third-order valence-electron chi connectivity index (χ3n) is 10.1. The molecule has 505 valence electrons. The summed E-state index contributed by atoms with van der Waals surface area (Å²) in [5.41, 5.74) is 0. The molecule has 0 bridgehead atoms. The lowest BCUT2D eigenvalue weighted by Crippen LogP contribution is -2.16. The van der Waals surface area contributed by atoms with Crippen LogP contribution in [0, 0.1) is 6.92 Å². The second-order valence-electron chi connectivity index (χ2n) is 16.8. The molecule has 28 nitrogen and oxygen atoms in total. The Kier molecular flexibility index (Phi) is 80.8. The fourth-order valence-corrected chi connectivity index (χ4v) is 5.88. The topological polar surface area (TPSA) is 269 Å². The van der Waals surface area contributed by atoms with Crippen LogP contribution in [-0.2, 0) is 128 Å². The Hall–Kier alpha value is -1.12. The first kappa shape index (κ1) is 82.9. The van der Waals surface area contributed by atoms with E-state index in [1.807, 2.05) is 0 Å². The van der Waals surface area contributed by atoms with Gasteiger partial charge in [0.2, 0.25) is 0 Å². The summed E-state index contributed by atoms with van der Waals surface area (Å²) in [6, 6.07) is 0. The zero-order valence-electron chi connectivity index (χ0n) is 51.1. The zero-order chi connectivity index (χ0) is 60.0. The van der Waals surface area contributed by atoms with Crippen LogP contribution in [0.5, 0.6) is 0 Å². The molecule has 28 heteroatoms. The first-order chi connectivity index (χ1) is 41.9. The Bertz CT molecular complexity index is 1040. The third-order valence-corrected chi connectivity index (χ3v) is 10.1. The van der Waals surface area contributed by atoms with Crippen molar-refractivity contribution in [3.63, 3.8) is 0 Å². The molecule has 0 aliphatic carbocycles. The Balaban J connectivity index is 3.08. The molecule has 0 spiro atoms. The first-order valence-corrected chi connectivity index (χ1v) is 29.9. The van der Waals surface area contributed by atoms with Crippen molar-refractivity contribution in [1.82, 2.24) is 0 Å². The summed E-state index contributed by atoms with van der Waals surface area (Å²) in [5, 5.41) is 8.61. The minimum atomic E-state index is 0.0173. The summed E-state index contributed by atoms with van der Waals surface area (Å²) < 4.78 is 147. The predicted molar refractivity (Wildman–Crippen MR) is 305 cm³/mol. The van der Waals surface area contributed by atoms with Gasteiger partial charge in [0.15, 0.2) is 0 Å². The van der Waals surface area contributed by atoms with Gasteiger partial charge in [-0.15, -0.1) is 0 Å². The van der Waals surface area contributed by atoms with Crippen LogP contribution in [0.1, 0.15) is 0 Å². The fourth-order valence-electron chi connectivity index (χ4n) is 5.88. The molecule has 0 fully saturated rings. The molecular weight excluding hydrogens is 1120 g/mol. The minimum Gasteiger partial charge on any atom is -0.394 e. The van der Waals surface area contributed by atoms with Crippen LogP contribution in [-0.4, -0.2) is 368 Å². The van der Waals surface area contributed by atoms with Gasteiger partial charge in [-0.25, -0.2) is 0 Å². The van der Waals surface area contributed by atoms with Crippen molar-refractivity contribution >= 4 is 0 Å². The molecule has 1 N–H and O–H groups in total. The maximum absolute atomic E-state index is 8.61. The number of aliphatic hydroxyl groups excluding tert-OH is 1. The highest BCUT2D eigenvalue weighted by atomic mass is 16.6. The number of hydrogen-bond acceptors (Lipinski definition) is 28. The molecule has 0 aromatic heterocycles. The van der Waals surface area contributed by atoms with Crippen molar-refractivity contribution in [2.45, 2.75) is 0 Å². The smallest absolute Gasteiger partial charge is 0.0701 e. The van der Waals surface area contributed by atoms with Crippen molar-refractivity contribution in [2.75, 3.05) is 363 Å². The Morgan fingerprint density at radius 3 is 0.262 bits per heavy atom. The normalized spacial score (nSPS) is 11.8. The van der Waals surface area contributed by atoms with E-state index in [2.05, 4.69) is 6.92 Å². The molecular formula is C56H113O28. The fraction of sp³-hybridized carbons (Fsp3) is 0.982. The van der Waals surface area contributed by atoms with Crippen molar-refractivity contribution in [3.05, 3.63) is 6.92 Å². The third kappa shape index (κ3) is 80.9. The van der Waals surface area contributed by atoms with E-state index in [1.165, 1.54) is 0 Å². The maximum atomic E-state index is 8.61. The summed E-state index contributed by atoms with van der Waals surface area (Å²) in [7, 11) is 0. The van der Waals surface area contributed by atoms with E-state index < -0.39 is 0 Å². The van der Waals surface area contributed by atoms with Gasteiger partial charge in [0.05, 0.1) is 357 Å². The molecule has 0 amide bonds. The molecule has 84 heavy (non-hydrogen) atoms.